The van der Waals surface area contributed by atoms with E-state index >= 15 is 0 Å². The molecule has 0 saturated heterocycles. The standard InChI is InChI=1S/C14H12FN3S/c15-13-9-11(3-1-6-16)4-5-12(13)10-19-14-17-7-2-8-18-14/h2,4-5,7-9H,6,10,16H2. The van der Waals surface area contributed by atoms with Gasteiger partial charge in [0.1, 0.15) is 5.82 Å². The molecule has 19 heavy (non-hydrogen) atoms. The van der Waals surface area contributed by atoms with E-state index in [2.05, 4.69) is 21.8 Å². The van der Waals surface area contributed by atoms with E-state index in [0.717, 1.165) is 0 Å². The van der Waals surface area contributed by atoms with Gasteiger partial charge in [-0.05, 0) is 23.8 Å². The van der Waals surface area contributed by atoms with E-state index in [1.54, 1.807) is 30.6 Å². The molecular formula is C14H12FN3S. The number of thioether (sulfide) groups is 1. The van der Waals surface area contributed by atoms with Gasteiger partial charge in [-0.2, -0.15) is 0 Å². The van der Waals surface area contributed by atoms with Crippen LogP contribution in [0.25, 0.3) is 0 Å². The van der Waals surface area contributed by atoms with Crippen molar-refractivity contribution in [2.45, 2.75) is 10.9 Å². The summed E-state index contributed by atoms with van der Waals surface area (Å²) in [5.74, 6) is 5.71. The Morgan fingerprint density at radius 2 is 2.05 bits per heavy atom. The van der Waals surface area contributed by atoms with Crippen LogP contribution < -0.4 is 5.73 Å². The van der Waals surface area contributed by atoms with Gasteiger partial charge >= 0.3 is 0 Å². The van der Waals surface area contributed by atoms with Crippen molar-refractivity contribution in [2.24, 2.45) is 5.73 Å². The SMILES string of the molecule is NCC#Cc1ccc(CSc2ncccn2)c(F)c1. The Balaban J connectivity index is 2.05. The van der Waals surface area contributed by atoms with Crippen LogP contribution in [0, 0.1) is 17.7 Å². The lowest BCUT2D eigenvalue weighted by Crippen LogP contribution is -1.94. The highest BCUT2D eigenvalue weighted by Crippen LogP contribution is 2.21. The van der Waals surface area contributed by atoms with Gasteiger partial charge in [-0.25, -0.2) is 14.4 Å². The molecule has 3 nitrogen and oxygen atoms in total. The maximum atomic E-state index is 13.8. The quantitative estimate of drug-likeness (QED) is 0.529. The fourth-order valence-corrected chi connectivity index (χ4v) is 2.19. The maximum absolute atomic E-state index is 13.8. The zero-order chi connectivity index (χ0) is 13.5. The second-order valence-electron chi connectivity index (χ2n) is 3.63. The summed E-state index contributed by atoms with van der Waals surface area (Å²) >= 11 is 1.39. The van der Waals surface area contributed by atoms with Crippen molar-refractivity contribution in [2.75, 3.05) is 6.54 Å². The monoisotopic (exact) mass is 273 g/mol. The lowest BCUT2D eigenvalue weighted by molar-refractivity contribution is 0.617. The summed E-state index contributed by atoms with van der Waals surface area (Å²) in [6.07, 6.45) is 3.33. The number of hydrogen-bond acceptors (Lipinski definition) is 4. The van der Waals surface area contributed by atoms with Crippen LogP contribution in [0.2, 0.25) is 0 Å². The van der Waals surface area contributed by atoms with Gasteiger partial charge < -0.3 is 5.73 Å². The van der Waals surface area contributed by atoms with Crippen LogP contribution in [0.1, 0.15) is 11.1 Å². The molecule has 2 rings (SSSR count). The van der Waals surface area contributed by atoms with Crippen molar-refractivity contribution in [1.82, 2.24) is 9.97 Å². The van der Waals surface area contributed by atoms with Crippen LogP contribution in [0.4, 0.5) is 4.39 Å². The molecule has 1 heterocycles. The Morgan fingerprint density at radius 3 is 2.74 bits per heavy atom. The first kappa shape index (κ1) is 13.5. The normalized spacial score (nSPS) is 9.79. The van der Waals surface area contributed by atoms with Crippen LogP contribution in [0.3, 0.4) is 0 Å². The van der Waals surface area contributed by atoms with Crippen LogP contribution in [0.15, 0.2) is 41.8 Å². The minimum atomic E-state index is -0.271. The molecule has 2 N–H and O–H groups in total. The average Bonchev–Trinajstić information content (AvgIpc) is 2.45. The molecule has 1 aromatic heterocycles. The summed E-state index contributed by atoms with van der Waals surface area (Å²) in [5, 5.41) is 0.633. The highest BCUT2D eigenvalue weighted by atomic mass is 32.2. The molecule has 0 spiro atoms. The Bertz CT molecular complexity index is 605. The molecule has 0 aliphatic rings. The van der Waals surface area contributed by atoms with Gasteiger partial charge in [0.15, 0.2) is 5.16 Å². The molecule has 0 atom stereocenters. The van der Waals surface area contributed by atoms with E-state index in [1.165, 1.54) is 17.8 Å². The van der Waals surface area contributed by atoms with Gasteiger partial charge in [-0.15, -0.1) is 0 Å². The molecular weight excluding hydrogens is 261 g/mol. The Kier molecular flexibility index (Phi) is 4.90. The predicted molar refractivity (Wildman–Crippen MR) is 73.9 cm³/mol. The number of nitrogens with two attached hydrogens (primary N) is 1. The first-order valence-electron chi connectivity index (χ1n) is 5.67. The average molecular weight is 273 g/mol. The van der Waals surface area contributed by atoms with Crippen LogP contribution in [-0.4, -0.2) is 16.5 Å². The fourth-order valence-electron chi connectivity index (χ4n) is 1.40. The Hall–Kier alpha value is -1.90. The lowest BCUT2D eigenvalue weighted by Gasteiger charge is -2.02. The number of benzene rings is 1. The largest absolute Gasteiger partial charge is 0.320 e. The van der Waals surface area contributed by atoms with Crippen molar-refractivity contribution in [3.8, 4) is 11.8 Å². The Labute approximate surface area is 115 Å². The second kappa shape index (κ2) is 6.88. The third-order valence-corrected chi connectivity index (χ3v) is 3.21. The summed E-state index contributed by atoms with van der Waals surface area (Å²) in [6.45, 7) is 0.268. The second-order valence-corrected chi connectivity index (χ2v) is 4.57. The molecule has 0 radical (unpaired) electrons. The predicted octanol–water partition coefficient (Wildman–Crippen LogP) is 2.22. The topological polar surface area (TPSA) is 51.8 Å². The van der Waals surface area contributed by atoms with Gasteiger partial charge in [0.05, 0.1) is 6.54 Å². The third kappa shape index (κ3) is 4.05. The van der Waals surface area contributed by atoms with Gasteiger partial charge in [0.2, 0.25) is 0 Å². The van der Waals surface area contributed by atoms with Crippen molar-refractivity contribution in [1.29, 1.82) is 0 Å². The first-order valence-corrected chi connectivity index (χ1v) is 6.65. The highest BCUT2D eigenvalue weighted by molar-refractivity contribution is 7.98. The van der Waals surface area contributed by atoms with E-state index in [1.807, 2.05) is 0 Å². The summed E-state index contributed by atoms with van der Waals surface area (Å²) in [7, 11) is 0. The molecule has 2 aromatic rings. The van der Waals surface area contributed by atoms with Crippen LogP contribution in [0.5, 0.6) is 0 Å². The fraction of sp³-hybridized carbons (Fsp3) is 0.143. The Morgan fingerprint density at radius 1 is 1.26 bits per heavy atom. The molecule has 0 aliphatic carbocycles. The lowest BCUT2D eigenvalue weighted by atomic mass is 10.1. The first-order chi connectivity index (χ1) is 9.29. The summed E-state index contributed by atoms with van der Waals surface area (Å²) in [5.41, 5.74) is 6.51. The number of nitrogens with zero attached hydrogens (tertiary/aromatic N) is 2. The summed E-state index contributed by atoms with van der Waals surface area (Å²) < 4.78 is 13.8. The van der Waals surface area contributed by atoms with Gasteiger partial charge in [0.25, 0.3) is 0 Å². The maximum Gasteiger partial charge on any atom is 0.187 e. The molecule has 0 bridgehead atoms. The zero-order valence-electron chi connectivity index (χ0n) is 10.1. The van der Waals surface area contributed by atoms with Gasteiger partial charge in [-0.1, -0.05) is 29.7 Å². The summed E-state index contributed by atoms with van der Waals surface area (Å²) in [4.78, 5) is 8.15. The zero-order valence-corrected chi connectivity index (χ0v) is 11.0. The highest BCUT2D eigenvalue weighted by Gasteiger charge is 2.04. The van der Waals surface area contributed by atoms with E-state index in [9.17, 15) is 4.39 Å². The molecule has 96 valence electrons. The van der Waals surface area contributed by atoms with Crippen molar-refractivity contribution in [3.63, 3.8) is 0 Å². The molecule has 0 fully saturated rings. The van der Waals surface area contributed by atoms with Gasteiger partial charge in [-0.3, -0.25) is 0 Å². The molecule has 5 heteroatoms. The van der Waals surface area contributed by atoms with Gasteiger partial charge in [0, 0.05) is 23.7 Å². The molecule has 0 unspecified atom stereocenters. The van der Waals surface area contributed by atoms with E-state index in [-0.39, 0.29) is 12.4 Å². The minimum absolute atomic E-state index is 0.268. The van der Waals surface area contributed by atoms with Crippen LogP contribution >= 0.6 is 11.8 Å². The van der Waals surface area contributed by atoms with E-state index < -0.39 is 0 Å². The van der Waals surface area contributed by atoms with Crippen molar-refractivity contribution in [3.05, 3.63) is 53.6 Å². The number of rotatable bonds is 3. The molecule has 0 saturated carbocycles. The third-order valence-electron chi connectivity index (χ3n) is 2.29. The number of aromatic nitrogens is 2. The smallest absolute Gasteiger partial charge is 0.187 e. The molecule has 0 aliphatic heterocycles. The molecule has 0 amide bonds. The minimum Gasteiger partial charge on any atom is -0.320 e. The molecule has 1 aromatic carbocycles. The van der Waals surface area contributed by atoms with E-state index in [0.29, 0.717) is 22.0 Å². The van der Waals surface area contributed by atoms with E-state index in [4.69, 9.17) is 5.73 Å². The number of hydrogen-bond donors (Lipinski definition) is 1. The van der Waals surface area contributed by atoms with Crippen molar-refractivity contribution >= 4 is 11.8 Å². The van der Waals surface area contributed by atoms with Crippen molar-refractivity contribution < 1.29 is 4.39 Å². The van der Waals surface area contributed by atoms with Crippen LogP contribution in [-0.2, 0) is 5.75 Å². The summed E-state index contributed by atoms with van der Waals surface area (Å²) in [6, 6.07) is 6.68. The number of halogens is 1.